The van der Waals surface area contributed by atoms with E-state index in [-0.39, 0.29) is 0 Å². The van der Waals surface area contributed by atoms with Gasteiger partial charge in [-0.2, -0.15) is 5.10 Å². The standard InChI is InChI=1S/C12H21N3/c1-4-12(6-5-7-12)9-13-11-10(2)8-15(3)14-11/h8H,4-7,9H2,1-3H3,(H,13,14). The summed E-state index contributed by atoms with van der Waals surface area (Å²) < 4.78 is 1.87. The molecule has 0 unspecified atom stereocenters. The summed E-state index contributed by atoms with van der Waals surface area (Å²) in [6.07, 6.45) is 7.50. The van der Waals surface area contributed by atoms with Crippen LogP contribution in [0.25, 0.3) is 0 Å². The third-order valence-electron chi connectivity index (χ3n) is 3.81. The van der Waals surface area contributed by atoms with Gasteiger partial charge in [0.05, 0.1) is 0 Å². The minimum Gasteiger partial charge on any atom is -0.368 e. The molecule has 0 spiro atoms. The lowest BCUT2D eigenvalue weighted by atomic mass is 9.67. The maximum absolute atomic E-state index is 4.41. The molecule has 0 amide bonds. The normalized spacial score (nSPS) is 18.6. The fraction of sp³-hybridized carbons (Fsp3) is 0.750. The highest BCUT2D eigenvalue weighted by atomic mass is 15.3. The number of nitrogens with zero attached hydrogens (tertiary/aromatic N) is 2. The number of rotatable bonds is 4. The van der Waals surface area contributed by atoms with Gasteiger partial charge in [0, 0.05) is 25.4 Å². The highest BCUT2D eigenvalue weighted by Crippen LogP contribution is 2.43. The van der Waals surface area contributed by atoms with Crippen LogP contribution in [0, 0.1) is 12.3 Å². The molecule has 15 heavy (non-hydrogen) atoms. The van der Waals surface area contributed by atoms with Gasteiger partial charge in [-0.15, -0.1) is 0 Å². The minimum absolute atomic E-state index is 0.559. The van der Waals surface area contributed by atoms with E-state index in [4.69, 9.17) is 0 Å². The molecule has 3 nitrogen and oxygen atoms in total. The highest BCUT2D eigenvalue weighted by molar-refractivity contribution is 5.41. The predicted octanol–water partition coefficient (Wildman–Crippen LogP) is 2.72. The van der Waals surface area contributed by atoms with Gasteiger partial charge in [0.15, 0.2) is 5.82 Å². The maximum Gasteiger partial charge on any atom is 0.150 e. The van der Waals surface area contributed by atoms with Gasteiger partial charge in [0.2, 0.25) is 0 Å². The first-order chi connectivity index (χ1) is 7.15. The van der Waals surface area contributed by atoms with E-state index in [2.05, 4.69) is 30.5 Å². The number of hydrogen-bond acceptors (Lipinski definition) is 2. The van der Waals surface area contributed by atoms with Gasteiger partial charge in [-0.25, -0.2) is 0 Å². The van der Waals surface area contributed by atoms with Crippen LogP contribution in [0.5, 0.6) is 0 Å². The third-order valence-corrected chi connectivity index (χ3v) is 3.81. The van der Waals surface area contributed by atoms with Crippen LogP contribution in [0.15, 0.2) is 6.20 Å². The highest BCUT2D eigenvalue weighted by Gasteiger charge is 2.34. The Hall–Kier alpha value is -0.990. The number of anilines is 1. The van der Waals surface area contributed by atoms with Gasteiger partial charge in [-0.05, 0) is 31.6 Å². The summed E-state index contributed by atoms with van der Waals surface area (Å²) in [5, 5.41) is 7.91. The summed E-state index contributed by atoms with van der Waals surface area (Å²) in [6, 6.07) is 0. The van der Waals surface area contributed by atoms with E-state index in [0.29, 0.717) is 5.41 Å². The Morgan fingerprint density at radius 2 is 2.27 bits per heavy atom. The Morgan fingerprint density at radius 3 is 2.67 bits per heavy atom. The molecule has 0 atom stereocenters. The molecule has 3 heteroatoms. The molecule has 1 aliphatic rings. The van der Waals surface area contributed by atoms with Gasteiger partial charge in [0.25, 0.3) is 0 Å². The Kier molecular flexibility index (Phi) is 2.72. The molecule has 1 fully saturated rings. The van der Waals surface area contributed by atoms with Crippen LogP contribution in [0.4, 0.5) is 5.82 Å². The second-order valence-corrected chi connectivity index (χ2v) is 4.90. The molecule has 0 aromatic carbocycles. The SMILES string of the molecule is CCC1(CNc2nn(C)cc2C)CCC1. The Labute approximate surface area is 91.9 Å². The number of nitrogens with one attached hydrogen (secondary N) is 1. The Balaban J connectivity index is 1.95. The number of aryl methyl sites for hydroxylation is 2. The topological polar surface area (TPSA) is 29.9 Å². The molecule has 0 aliphatic heterocycles. The van der Waals surface area contributed by atoms with Crippen LogP contribution in [-0.2, 0) is 7.05 Å². The summed E-state index contributed by atoms with van der Waals surface area (Å²) in [7, 11) is 1.97. The Bertz CT molecular complexity index is 331. The van der Waals surface area contributed by atoms with Crippen LogP contribution in [0.1, 0.15) is 38.2 Å². The number of hydrogen-bond donors (Lipinski definition) is 1. The first kappa shape index (κ1) is 10.5. The van der Waals surface area contributed by atoms with Gasteiger partial charge in [-0.3, -0.25) is 4.68 Å². The van der Waals surface area contributed by atoms with Crippen LogP contribution in [0.2, 0.25) is 0 Å². The van der Waals surface area contributed by atoms with Crippen LogP contribution < -0.4 is 5.32 Å². The molecule has 0 saturated heterocycles. The zero-order valence-corrected chi connectivity index (χ0v) is 10.0. The molecule has 84 valence electrons. The molecule has 1 N–H and O–H groups in total. The molecule has 0 radical (unpaired) electrons. The van der Waals surface area contributed by atoms with Crippen molar-refractivity contribution in [2.75, 3.05) is 11.9 Å². The zero-order valence-electron chi connectivity index (χ0n) is 10.0. The molecular formula is C12H21N3. The van der Waals surface area contributed by atoms with Crippen molar-refractivity contribution >= 4 is 5.82 Å². The summed E-state index contributed by atoms with van der Waals surface area (Å²) >= 11 is 0. The van der Waals surface area contributed by atoms with Crippen molar-refractivity contribution in [3.63, 3.8) is 0 Å². The molecule has 2 rings (SSSR count). The summed E-state index contributed by atoms with van der Waals surface area (Å²) in [6.45, 7) is 5.49. The van der Waals surface area contributed by atoms with Gasteiger partial charge in [-0.1, -0.05) is 13.3 Å². The molecule has 1 aromatic heterocycles. The summed E-state index contributed by atoms with van der Waals surface area (Å²) in [5.74, 6) is 1.05. The van der Waals surface area contributed by atoms with Crippen LogP contribution >= 0.6 is 0 Å². The largest absolute Gasteiger partial charge is 0.368 e. The van der Waals surface area contributed by atoms with E-state index >= 15 is 0 Å². The van der Waals surface area contributed by atoms with Gasteiger partial charge < -0.3 is 5.32 Å². The minimum atomic E-state index is 0.559. The molecular weight excluding hydrogens is 186 g/mol. The second-order valence-electron chi connectivity index (χ2n) is 4.90. The average Bonchev–Trinajstić information content (AvgIpc) is 2.44. The van der Waals surface area contributed by atoms with Crippen molar-refractivity contribution in [2.45, 2.75) is 39.5 Å². The third kappa shape index (κ3) is 2.01. The fourth-order valence-corrected chi connectivity index (χ4v) is 2.38. The van der Waals surface area contributed by atoms with Crippen molar-refractivity contribution in [2.24, 2.45) is 12.5 Å². The Morgan fingerprint density at radius 1 is 1.53 bits per heavy atom. The molecule has 0 bridgehead atoms. The van der Waals surface area contributed by atoms with Crippen molar-refractivity contribution in [1.29, 1.82) is 0 Å². The first-order valence-electron chi connectivity index (χ1n) is 5.89. The van der Waals surface area contributed by atoms with E-state index in [9.17, 15) is 0 Å². The monoisotopic (exact) mass is 207 g/mol. The van der Waals surface area contributed by atoms with E-state index in [1.54, 1.807) is 0 Å². The molecule has 1 heterocycles. The van der Waals surface area contributed by atoms with Gasteiger partial charge >= 0.3 is 0 Å². The van der Waals surface area contributed by atoms with E-state index < -0.39 is 0 Å². The number of aromatic nitrogens is 2. The molecule has 1 saturated carbocycles. The van der Waals surface area contributed by atoms with Crippen molar-refractivity contribution in [3.05, 3.63) is 11.8 Å². The molecule has 1 aliphatic carbocycles. The predicted molar refractivity (Wildman–Crippen MR) is 63.0 cm³/mol. The van der Waals surface area contributed by atoms with E-state index in [1.807, 2.05) is 11.7 Å². The zero-order chi connectivity index (χ0) is 10.9. The first-order valence-corrected chi connectivity index (χ1v) is 5.89. The van der Waals surface area contributed by atoms with Crippen LogP contribution in [-0.4, -0.2) is 16.3 Å². The van der Waals surface area contributed by atoms with E-state index in [1.165, 1.54) is 31.2 Å². The van der Waals surface area contributed by atoms with Crippen molar-refractivity contribution in [1.82, 2.24) is 9.78 Å². The average molecular weight is 207 g/mol. The van der Waals surface area contributed by atoms with Gasteiger partial charge in [0.1, 0.15) is 0 Å². The molecule has 1 aromatic rings. The lowest BCUT2D eigenvalue weighted by Crippen LogP contribution is -2.36. The van der Waals surface area contributed by atoms with Crippen molar-refractivity contribution in [3.8, 4) is 0 Å². The second kappa shape index (κ2) is 3.87. The van der Waals surface area contributed by atoms with Crippen molar-refractivity contribution < 1.29 is 0 Å². The fourth-order valence-electron chi connectivity index (χ4n) is 2.38. The summed E-state index contributed by atoms with van der Waals surface area (Å²) in [5.41, 5.74) is 1.80. The maximum atomic E-state index is 4.41. The lowest BCUT2D eigenvalue weighted by molar-refractivity contribution is 0.145. The smallest absolute Gasteiger partial charge is 0.150 e. The van der Waals surface area contributed by atoms with Crippen LogP contribution in [0.3, 0.4) is 0 Å². The summed E-state index contributed by atoms with van der Waals surface area (Å²) in [4.78, 5) is 0. The quantitative estimate of drug-likeness (QED) is 0.822. The van der Waals surface area contributed by atoms with E-state index in [0.717, 1.165) is 12.4 Å². The lowest BCUT2D eigenvalue weighted by Gasteiger charge is -2.41.